The smallest absolute Gasteiger partial charge is 0.123 e. The van der Waals surface area contributed by atoms with Gasteiger partial charge in [0.2, 0.25) is 0 Å². The lowest BCUT2D eigenvalue weighted by atomic mass is 10.1. The van der Waals surface area contributed by atoms with Crippen LogP contribution in [0.1, 0.15) is 11.1 Å². The normalized spacial score (nSPS) is 9.78. The highest BCUT2D eigenvalue weighted by Gasteiger charge is 1.99. The Labute approximate surface area is 106 Å². The lowest BCUT2D eigenvalue weighted by Gasteiger charge is -2.07. The first-order valence-electron chi connectivity index (χ1n) is 5.77. The van der Waals surface area contributed by atoms with Crippen molar-refractivity contribution in [3.05, 3.63) is 65.5 Å². The van der Waals surface area contributed by atoms with Crippen LogP contribution in [-0.2, 0) is 6.42 Å². The van der Waals surface area contributed by atoms with Gasteiger partial charge >= 0.3 is 0 Å². The number of rotatable bonds is 4. The maximum atomic E-state index is 12.7. The second-order valence-corrected chi connectivity index (χ2v) is 3.96. The van der Waals surface area contributed by atoms with E-state index < -0.39 is 0 Å². The summed E-state index contributed by atoms with van der Waals surface area (Å²) in [5, 5.41) is 12.1. The molecule has 0 saturated heterocycles. The Kier molecular flexibility index (Phi) is 3.93. The Hall–Kier alpha value is -2.34. The highest BCUT2D eigenvalue weighted by atomic mass is 19.1. The Morgan fingerprint density at radius 1 is 1.06 bits per heavy atom. The molecule has 0 aromatic heterocycles. The molecule has 0 fully saturated rings. The van der Waals surface area contributed by atoms with Gasteiger partial charge in [0.05, 0.1) is 11.3 Å². The number of nitriles is 1. The first kappa shape index (κ1) is 12.1. The molecule has 2 aromatic rings. The second kappa shape index (κ2) is 5.83. The van der Waals surface area contributed by atoms with E-state index >= 15 is 0 Å². The van der Waals surface area contributed by atoms with E-state index in [1.807, 2.05) is 18.2 Å². The summed E-state index contributed by atoms with van der Waals surface area (Å²) in [6, 6.07) is 16.0. The number of hydrogen-bond acceptors (Lipinski definition) is 2. The topological polar surface area (TPSA) is 35.8 Å². The van der Waals surface area contributed by atoms with Crippen molar-refractivity contribution in [2.75, 3.05) is 11.9 Å². The Morgan fingerprint density at radius 3 is 2.50 bits per heavy atom. The summed E-state index contributed by atoms with van der Waals surface area (Å²) in [4.78, 5) is 0. The highest BCUT2D eigenvalue weighted by Crippen LogP contribution is 2.13. The molecule has 0 atom stereocenters. The van der Waals surface area contributed by atoms with Crippen LogP contribution in [0.25, 0.3) is 0 Å². The number of halogens is 1. The van der Waals surface area contributed by atoms with Gasteiger partial charge in [0.1, 0.15) is 11.9 Å². The fraction of sp³-hybridized carbons (Fsp3) is 0.133. The molecule has 0 amide bonds. The molecule has 2 rings (SSSR count). The van der Waals surface area contributed by atoms with E-state index in [1.54, 1.807) is 18.2 Å². The van der Waals surface area contributed by atoms with Crippen molar-refractivity contribution >= 4 is 5.69 Å². The van der Waals surface area contributed by atoms with Gasteiger partial charge in [-0.25, -0.2) is 4.39 Å². The highest BCUT2D eigenvalue weighted by molar-refractivity contribution is 5.57. The summed E-state index contributed by atoms with van der Waals surface area (Å²) in [7, 11) is 0. The Bertz CT molecular complexity index is 555. The Morgan fingerprint density at radius 2 is 1.78 bits per heavy atom. The lowest BCUT2D eigenvalue weighted by Crippen LogP contribution is -2.06. The zero-order valence-electron chi connectivity index (χ0n) is 9.86. The van der Waals surface area contributed by atoms with Crippen LogP contribution in [0.15, 0.2) is 48.5 Å². The molecule has 2 nitrogen and oxygen atoms in total. The maximum absolute atomic E-state index is 12.7. The number of hydrogen-bond donors (Lipinski definition) is 1. The first-order chi connectivity index (χ1) is 8.79. The molecule has 0 bridgehead atoms. The average molecular weight is 240 g/mol. The van der Waals surface area contributed by atoms with Crippen LogP contribution in [0.5, 0.6) is 0 Å². The molecule has 0 saturated carbocycles. The predicted molar refractivity (Wildman–Crippen MR) is 69.8 cm³/mol. The van der Waals surface area contributed by atoms with Gasteiger partial charge < -0.3 is 5.32 Å². The third-order valence-electron chi connectivity index (χ3n) is 2.69. The molecule has 0 aliphatic rings. The van der Waals surface area contributed by atoms with Crippen molar-refractivity contribution in [1.82, 2.24) is 0 Å². The second-order valence-electron chi connectivity index (χ2n) is 3.96. The summed E-state index contributed by atoms with van der Waals surface area (Å²) < 4.78 is 12.7. The number of anilines is 1. The van der Waals surface area contributed by atoms with Crippen LogP contribution in [0.4, 0.5) is 10.1 Å². The van der Waals surface area contributed by atoms with Crippen LogP contribution in [-0.4, -0.2) is 6.54 Å². The number of nitrogens with one attached hydrogen (secondary N) is 1. The van der Waals surface area contributed by atoms with E-state index in [2.05, 4.69) is 11.4 Å². The van der Waals surface area contributed by atoms with Crippen molar-refractivity contribution < 1.29 is 4.39 Å². The van der Waals surface area contributed by atoms with Gasteiger partial charge in [0, 0.05) is 6.54 Å². The minimum Gasteiger partial charge on any atom is -0.384 e. The van der Waals surface area contributed by atoms with Crippen LogP contribution in [0, 0.1) is 17.1 Å². The number of para-hydroxylation sites is 1. The summed E-state index contributed by atoms with van der Waals surface area (Å²) in [5.41, 5.74) is 2.54. The minimum atomic E-state index is -0.221. The fourth-order valence-electron chi connectivity index (χ4n) is 1.73. The molecule has 1 N–H and O–H groups in total. The van der Waals surface area contributed by atoms with Gasteiger partial charge in [-0.1, -0.05) is 24.3 Å². The van der Waals surface area contributed by atoms with Crippen LogP contribution >= 0.6 is 0 Å². The molecular weight excluding hydrogens is 227 g/mol. The van der Waals surface area contributed by atoms with Gasteiger partial charge in [-0.2, -0.15) is 5.26 Å². The summed E-state index contributed by atoms with van der Waals surface area (Å²) in [6.45, 7) is 0.713. The number of nitrogens with zero attached hydrogens (tertiary/aromatic N) is 1. The molecule has 0 aliphatic heterocycles. The maximum Gasteiger partial charge on any atom is 0.123 e. The van der Waals surface area contributed by atoms with Gasteiger partial charge in [0.15, 0.2) is 0 Å². The summed E-state index contributed by atoms with van der Waals surface area (Å²) in [5.74, 6) is -0.221. The molecule has 2 aromatic carbocycles. The standard InChI is InChI=1S/C15H13FN2/c16-14-7-5-12(6-8-14)9-10-18-15-4-2-1-3-13(15)11-17/h1-8,18H,9-10H2. The van der Waals surface area contributed by atoms with Crippen LogP contribution < -0.4 is 5.32 Å². The van der Waals surface area contributed by atoms with Gasteiger partial charge in [-0.15, -0.1) is 0 Å². The predicted octanol–water partition coefficient (Wildman–Crippen LogP) is 3.35. The molecule has 0 spiro atoms. The summed E-state index contributed by atoms with van der Waals surface area (Å²) >= 11 is 0. The van der Waals surface area contributed by atoms with Gasteiger partial charge in [-0.05, 0) is 36.2 Å². The summed E-state index contributed by atoms with van der Waals surface area (Å²) in [6.07, 6.45) is 0.792. The molecule has 0 unspecified atom stereocenters. The van der Waals surface area contributed by atoms with E-state index in [1.165, 1.54) is 12.1 Å². The number of benzene rings is 2. The SMILES string of the molecule is N#Cc1ccccc1NCCc1ccc(F)cc1. The van der Waals surface area contributed by atoms with E-state index in [0.29, 0.717) is 12.1 Å². The van der Waals surface area contributed by atoms with Crippen molar-refractivity contribution in [2.45, 2.75) is 6.42 Å². The third kappa shape index (κ3) is 3.08. The monoisotopic (exact) mass is 240 g/mol. The largest absolute Gasteiger partial charge is 0.384 e. The van der Waals surface area contributed by atoms with Crippen molar-refractivity contribution in [3.63, 3.8) is 0 Å². The van der Waals surface area contributed by atoms with E-state index in [4.69, 9.17) is 5.26 Å². The van der Waals surface area contributed by atoms with E-state index in [0.717, 1.165) is 17.7 Å². The van der Waals surface area contributed by atoms with Crippen molar-refractivity contribution in [2.24, 2.45) is 0 Å². The van der Waals surface area contributed by atoms with Crippen LogP contribution in [0.3, 0.4) is 0 Å². The van der Waals surface area contributed by atoms with Crippen molar-refractivity contribution in [3.8, 4) is 6.07 Å². The molecule has 0 heterocycles. The Balaban J connectivity index is 1.93. The zero-order valence-corrected chi connectivity index (χ0v) is 9.86. The molecule has 18 heavy (non-hydrogen) atoms. The molecular formula is C15H13FN2. The van der Waals surface area contributed by atoms with Gasteiger partial charge in [-0.3, -0.25) is 0 Å². The van der Waals surface area contributed by atoms with Crippen LogP contribution in [0.2, 0.25) is 0 Å². The zero-order chi connectivity index (χ0) is 12.8. The first-order valence-corrected chi connectivity index (χ1v) is 5.77. The average Bonchev–Trinajstić information content (AvgIpc) is 2.41. The quantitative estimate of drug-likeness (QED) is 0.889. The van der Waals surface area contributed by atoms with E-state index in [-0.39, 0.29) is 5.82 Å². The molecule has 0 radical (unpaired) electrons. The molecule has 0 aliphatic carbocycles. The molecule has 90 valence electrons. The third-order valence-corrected chi connectivity index (χ3v) is 2.69. The lowest BCUT2D eigenvalue weighted by molar-refractivity contribution is 0.627. The fourth-order valence-corrected chi connectivity index (χ4v) is 1.73. The molecule has 3 heteroatoms. The van der Waals surface area contributed by atoms with Crippen molar-refractivity contribution in [1.29, 1.82) is 5.26 Å². The van der Waals surface area contributed by atoms with Gasteiger partial charge in [0.25, 0.3) is 0 Å². The van der Waals surface area contributed by atoms with E-state index in [9.17, 15) is 4.39 Å². The minimum absolute atomic E-state index is 0.221.